The predicted molar refractivity (Wildman–Crippen MR) is 63.9 cm³/mol. The summed E-state index contributed by atoms with van der Waals surface area (Å²) in [5.74, 6) is -1.24. The first-order chi connectivity index (χ1) is 9.21. The van der Waals surface area contributed by atoms with Crippen LogP contribution in [0.25, 0.3) is 0 Å². The molecule has 20 heavy (non-hydrogen) atoms. The number of alkyl halides is 3. The van der Waals surface area contributed by atoms with Crippen LogP contribution in [-0.2, 0) is 17.5 Å². The van der Waals surface area contributed by atoms with Crippen molar-refractivity contribution in [3.63, 3.8) is 0 Å². The van der Waals surface area contributed by atoms with Crippen molar-refractivity contribution in [1.29, 1.82) is 0 Å². The first-order valence-electron chi connectivity index (χ1n) is 5.64. The molecule has 1 aromatic rings. The van der Waals surface area contributed by atoms with Gasteiger partial charge in [-0.2, -0.15) is 13.2 Å². The van der Waals surface area contributed by atoms with Gasteiger partial charge in [-0.3, -0.25) is 4.79 Å². The fourth-order valence-electron chi connectivity index (χ4n) is 1.44. The van der Waals surface area contributed by atoms with Crippen LogP contribution in [0.15, 0.2) is 24.3 Å². The Morgan fingerprint density at radius 1 is 1.30 bits per heavy atom. The van der Waals surface area contributed by atoms with E-state index in [1.54, 1.807) is 0 Å². The van der Waals surface area contributed by atoms with E-state index in [9.17, 15) is 22.8 Å². The smallest absolute Gasteiger partial charge is 0.416 e. The second-order valence-corrected chi connectivity index (χ2v) is 4.04. The van der Waals surface area contributed by atoms with Gasteiger partial charge in [-0.05, 0) is 18.6 Å². The minimum atomic E-state index is -4.51. The molecule has 0 saturated carbocycles. The zero-order valence-electron chi connectivity index (χ0n) is 10.5. The number of hydrogen-bond donors (Lipinski definition) is 3. The fourth-order valence-corrected chi connectivity index (χ4v) is 1.44. The summed E-state index contributed by atoms with van der Waals surface area (Å²) in [5.41, 5.74) is -0.940. The standard InChI is InChI=1S/C12H13F3N2O3/c1-7(10(18)19)17-11(20)16-6-8-4-2-3-5-9(8)12(13,14)15/h2-5,7H,6H2,1H3,(H,18,19)(H2,16,17,20). The monoisotopic (exact) mass is 290 g/mol. The molecule has 1 unspecified atom stereocenters. The maximum Gasteiger partial charge on any atom is 0.416 e. The molecule has 0 heterocycles. The van der Waals surface area contributed by atoms with Gasteiger partial charge < -0.3 is 15.7 Å². The number of amides is 2. The van der Waals surface area contributed by atoms with E-state index in [1.807, 2.05) is 0 Å². The van der Waals surface area contributed by atoms with Crippen LogP contribution in [0.5, 0.6) is 0 Å². The zero-order chi connectivity index (χ0) is 15.3. The minimum absolute atomic E-state index is 0.0990. The van der Waals surface area contributed by atoms with Crippen LogP contribution in [0.1, 0.15) is 18.1 Å². The molecule has 8 heteroatoms. The van der Waals surface area contributed by atoms with Crippen molar-refractivity contribution in [3.05, 3.63) is 35.4 Å². The number of carboxylic acid groups (broad SMARTS) is 1. The summed E-state index contributed by atoms with van der Waals surface area (Å²) in [6.45, 7) is 0.888. The second-order valence-electron chi connectivity index (χ2n) is 4.04. The Balaban J connectivity index is 2.67. The highest BCUT2D eigenvalue weighted by Crippen LogP contribution is 2.31. The van der Waals surface area contributed by atoms with Gasteiger partial charge in [0.1, 0.15) is 6.04 Å². The van der Waals surface area contributed by atoms with Crippen LogP contribution in [0.3, 0.4) is 0 Å². The molecule has 5 nitrogen and oxygen atoms in total. The molecule has 0 aliphatic rings. The van der Waals surface area contributed by atoms with Crippen LogP contribution < -0.4 is 10.6 Å². The van der Waals surface area contributed by atoms with E-state index in [-0.39, 0.29) is 12.1 Å². The van der Waals surface area contributed by atoms with E-state index < -0.39 is 29.8 Å². The normalized spacial score (nSPS) is 12.6. The molecule has 0 bridgehead atoms. The zero-order valence-corrected chi connectivity index (χ0v) is 10.5. The lowest BCUT2D eigenvalue weighted by Crippen LogP contribution is -2.44. The quantitative estimate of drug-likeness (QED) is 0.793. The first kappa shape index (κ1) is 15.8. The van der Waals surface area contributed by atoms with Gasteiger partial charge in [-0.1, -0.05) is 18.2 Å². The van der Waals surface area contributed by atoms with Crippen molar-refractivity contribution in [2.45, 2.75) is 25.7 Å². The maximum absolute atomic E-state index is 12.7. The highest BCUT2D eigenvalue weighted by molar-refractivity contribution is 5.82. The van der Waals surface area contributed by atoms with Crippen LogP contribution >= 0.6 is 0 Å². The Kier molecular flexibility index (Phi) is 4.95. The molecule has 2 amide bonds. The highest BCUT2D eigenvalue weighted by atomic mass is 19.4. The molecule has 0 fully saturated rings. The van der Waals surface area contributed by atoms with Gasteiger partial charge >= 0.3 is 18.2 Å². The number of halogens is 3. The second kappa shape index (κ2) is 6.27. The minimum Gasteiger partial charge on any atom is -0.480 e. The van der Waals surface area contributed by atoms with E-state index in [0.717, 1.165) is 6.07 Å². The van der Waals surface area contributed by atoms with E-state index >= 15 is 0 Å². The summed E-state index contributed by atoms with van der Waals surface area (Å²) >= 11 is 0. The number of rotatable bonds is 4. The maximum atomic E-state index is 12.7. The van der Waals surface area contributed by atoms with Gasteiger partial charge in [0.25, 0.3) is 0 Å². The van der Waals surface area contributed by atoms with Crippen molar-refractivity contribution in [2.24, 2.45) is 0 Å². The van der Waals surface area contributed by atoms with Crippen LogP contribution in [0.2, 0.25) is 0 Å². The molecular weight excluding hydrogens is 277 g/mol. The lowest BCUT2D eigenvalue weighted by Gasteiger charge is -2.14. The molecule has 0 aliphatic heterocycles. The van der Waals surface area contributed by atoms with Gasteiger partial charge in [-0.15, -0.1) is 0 Å². The lowest BCUT2D eigenvalue weighted by molar-refractivity contribution is -0.139. The Morgan fingerprint density at radius 3 is 2.45 bits per heavy atom. The Labute approximate surface area is 112 Å². The molecule has 0 radical (unpaired) electrons. The summed E-state index contributed by atoms with van der Waals surface area (Å²) in [4.78, 5) is 21.8. The van der Waals surface area contributed by atoms with E-state index in [4.69, 9.17) is 5.11 Å². The predicted octanol–water partition coefficient (Wildman–Crippen LogP) is 1.98. The molecule has 3 N–H and O–H groups in total. The van der Waals surface area contributed by atoms with Crippen molar-refractivity contribution in [3.8, 4) is 0 Å². The van der Waals surface area contributed by atoms with Gasteiger partial charge in [0.2, 0.25) is 0 Å². The summed E-state index contributed by atoms with van der Waals surface area (Å²) in [7, 11) is 0. The van der Waals surface area contributed by atoms with Crippen molar-refractivity contribution in [2.75, 3.05) is 0 Å². The van der Waals surface area contributed by atoms with E-state index in [0.29, 0.717) is 0 Å². The largest absolute Gasteiger partial charge is 0.480 e. The third-order valence-electron chi connectivity index (χ3n) is 2.48. The molecule has 0 saturated heterocycles. The number of carbonyl (C=O) groups is 2. The number of urea groups is 1. The number of carboxylic acids is 1. The highest BCUT2D eigenvalue weighted by Gasteiger charge is 2.32. The molecule has 1 aromatic carbocycles. The van der Waals surface area contributed by atoms with Gasteiger partial charge in [-0.25, -0.2) is 4.79 Å². The average Bonchev–Trinajstić information content (AvgIpc) is 2.35. The Morgan fingerprint density at radius 2 is 1.90 bits per heavy atom. The van der Waals surface area contributed by atoms with Gasteiger partial charge in [0.15, 0.2) is 0 Å². The van der Waals surface area contributed by atoms with Gasteiger partial charge in [0.05, 0.1) is 5.56 Å². The molecular formula is C12H13F3N2O3. The third-order valence-corrected chi connectivity index (χ3v) is 2.48. The van der Waals surface area contributed by atoms with Crippen molar-refractivity contribution >= 4 is 12.0 Å². The van der Waals surface area contributed by atoms with E-state index in [1.165, 1.54) is 25.1 Å². The van der Waals surface area contributed by atoms with Crippen LogP contribution in [-0.4, -0.2) is 23.1 Å². The van der Waals surface area contributed by atoms with E-state index in [2.05, 4.69) is 10.6 Å². The molecule has 0 spiro atoms. The molecule has 0 aromatic heterocycles. The Bertz CT molecular complexity index is 503. The first-order valence-corrected chi connectivity index (χ1v) is 5.64. The van der Waals surface area contributed by atoms with Crippen LogP contribution in [0, 0.1) is 0 Å². The lowest BCUT2D eigenvalue weighted by atomic mass is 10.1. The summed E-state index contributed by atoms with van der Waals surface area (Å²) in [6.07, 6.45) is -4.51. The van der Waals surface area contributed by atoms with Crippen molar-refractivity contribution < 1.29 is 27.9 Å². The third kappa shape index (κ3) is 4.45. The van der Waals surface area contributed by atoms with Gasteiger partial charge in [0, 0.05) is 6.54 Å². The molecule has 0 aliphatic carbocycles. The summed E-state index contributed by atoms with van der Waals surface area (Å²) in [5, 5.41) is 12.8. The molecule has 1 atom stereocenters. The van der Waals surface area contributed by atoms with Crippen molar-refractivity contribution in [1.82, 2.24) is 10.6 Å². The summed E-state index contributed by atoms with van der Waals surface area (Å²) in [6, 6.07) is 2.84. The number of carbonyl (C=O) groups excluding carboxylic acids is 1. The SMILES string of the molecule is CC(NC(=O)NCc1ccccc1C(F)(F)F)C(=O)O. The average molecular weight is 290 g/mol. The number of aliphatic carboxylic acids is 1. The molecule has 110 valence electrons. The Hall–Kier alpha value is -2.25. The number of benzene rings is 1. The molecule has 1 rings (SSSR count). The number of hydrogen-bond acceptors (Lipinski definition) is 2. The fraction of sp³-hybridized carbons (Fsp3) is 0.333. The number of nitrogens with one attached hydrogen (secondary N) is 2. The topological polar surface area (TPSA) is 78.4 Å². The van der Waals surface area contributed by atoms with Crippen LogP contribution in [0.4, 0.5) is 18.0 Å². The summed E-state index contributed by atoms with van der Waals surface area (Å²) < 4.78 is 38.0.